The zero-order valence-electron chi connectivity index (χ0n) is 22.6. The maximum atomic E-state index is 13.9. The molecule has 2 heterocycles. The van der Waals surface area contributed by atoms with Gasteiger partial charge in [0.25, 0.3) is 0 Å². The van der Waals surface area contributed by atoms with Crippen molar-refractivity contribution in [2.75, 3.05) is 27.2 Å². The van der Waals surface area contributed by atoms with Crippen molar-refractivity contribution in [2.24, 2.45) is 11.7 Å². The molecule has 11 nitrogen and oxygen atoms in total. The smallest absolute Gasteiger partial charge is 0.314 e. The van der Waals surface area contributed by atoms with E-state index in [1.165, 1.54) is 7.05 Å². The van der Waals surface area contributed by atoms with Gasteiger partial charge in [0.05, 0.1) is 13.2 Å². The van der Waals surface area contributed by atoms with Crippen molar-refractivity contribution in [3.63, 3.8) is 0 Å². The molecule has 0 aliphatic carbocycles. The molecular formula is C27H42N6O5. The van der Waals surface area contributed by atoms with Gasteiger partial charge in [0.2, 0.25) is 17.7 Å². The number of urea groups is 1. The minimum atomic E-state index is -0.802. The number of ether oxygens (including phenoxy) is 1. The molecule has 0 radical (unpaired) electrons. The highest BCUT2D eigenvalue weighted by Crippen LogP contribution is 2.35. The van der Waals surface area contributed by atoms with Crippen LogP contribution in [0.1, 0.15) is 51.0 Å². The van der Waals surface area contributed by atoms with Gasteiger partial charge in [-0.2, -0.15) is 0 Å². The maximum Gasteiger partial charge on any atom is 0.314 e. The molecular weight excluding hydrogens is 488 g/mol. The van der Waals surface area contributed by atoms with Crippen LogP contribution in [0.15, 0.2) is 24.3 Å². The fourth-order valence-corrected chi connectivity index (χ4v) is 5.33. The molecule has 1 aromatic carbocycles. The van der Waals surface area contributed by atoms with Crippen LogP contribution in [0.5, 0.6) is 5.75 Å². The van der Waals surface area contributed by atoms with Crippen molar-refractivity contribution in [1.29, 1.82) is 0 Å². The van der Waals surface area contributed by atoms with Gasteiger partial charge in [0.1, 0.15) is 17.8 Å². The lowest BCUT2D eigenvalue weighted by atomic mass is 9.90. The van der Waals surface area contributed by atoms with Gasteiger partial charge < -0.3 is 36.6 Å². The largest absolute Gasteiger partial charge is 0.497 e. The van der Waals surface area contributed by atoms with E-state index >= 15 is 0 Å². The highest BCUT2D eigenvalue weighted by atomic mass is 16.5. The third-order valence-corrected chi connectivity index (χ3v) is 7.64. The number of nitrogens with one attached hydrogen (secondary N) is 4. The van der Waals surface area contributed by atoms with Gasteiger partial charge >= 0.3 is 6.03 Å². The van der Waals surface area contributed by atoms with E-state index < -0.39 is 18.1 Å². The van der Waals surface area contributed by atoms with Gasteiger partial charge in [-0.05, 0) is 68.6 Å². The highest BCUT2D eigenvalue weighted by Gasteiger charge is 2.47. The first-order valence-corrected chi connectivity index (χ1v) is 13.5. The zero-order valence-corrected chi connectivity index (χ0v) is 22.6. The summed E-state index contributed by atoms with van der Waals surface area (Å²) in [6, 6.07) is 5.23. The quantitative estimate of drug-likeness (QED) is 0.283. The van der Waals surface area contributed by atoms with Crippen LogP contribution in [0.2, 0.25) is 0 Å². The Balaban J connectivity index is 1.68. The molecule has 11 heteroatoms. The van der Waals surface area contributed by atoms with Crippen LogP contribution in [0.3, 0.4) is 0 Å². The Morgan fingerprint density at radius 2 is 1.79 bits per heavy atom. The number of nitrogens with zero attached hydrogens (tertiary/aromatic N) is 1. The molecule has 2 saturated heterocycles. The standard InChI is InChI=1S/C27H42N6O5/c1-4-21(28)24(34)32-23-18(14-16-31-27(37)29-2)7-8-19-9-12-22(33(19)26(23)36)25(35)30-15-13-17-5-10-20(38-3)11-6-17/h5-6,10-11,18-19,21-23H,4,7-9,12-16,28H2,1-3H3,(H,30,35)(H,32,34)(H2,29,31,37)/t18-,19+,21+,22+,23+/m1/s1. The third kappa shape index (κ3) is 7.37. The summed E-state index contributed by atoms with van der Waals surface area (Å²) in [5.74, 6) is -0.213. The van der Waals surface area contributed by atoms with E-state index in [4.69, 9.17) is 10.5 Å². The first-order valence-electron chi connectivity index (χ1n) is 13.5. The fraction of sp³-hybridized carbons (Fsp3) is 0.630. The Labute approximate surface area is 224 Å². The van der Waals surface area contributed by atoms with Crippen LogP contribution in [-0.2, 0) is 20.8 Å². The minimum Gasteiger partial charge on any atom is -0.497 e. The molecule has 0 spiro atoms. The molecule has 0 saturated carbocycles. The number of nitrogens with two attached hydrogens (primary N) is 1. The summed E-state index contributed by atoms with van der Waals surface area (Å²) in [5, 5.41) is 11.2. The molecule has 2 aliphatic heterocycles. The predicted molar refractivity (Wildman–Crippen MR) is 143 cm³/mol. The van der Waals surface area contributed by atoms with Crippen molar-refractivity contribution in [3.8, 4) is 5.75 Å². The Hall–Kier alpha value is -3.34. The van der Waals surface area contributed by atoms with E-state index in [1.807, 2.05) is 31.2 Å². The van der Waals surface area contributed by atoms with E-state index in [0.717, 1.165) is 24.2 Å². The van der Waals surface area contributed by atoms with E-state index in [9.17, 15) is 19.2 Å². The van der Waals surface area contributed by atoms with E-state index in [2.05, 4.69) is 21.3 Å². The average Bonchev–Trinajstić information content (AvgIpc) is 3.32. The van der Waals surface area contributed by atoms with Crippen LogP contribution in [0.4, 0.5) is 4.79 Å². The van der Waals surface area contributed by atoms with Crippen LogP contribution in [-0.4, -0.2) is 80.1 Å². The predicted octanol–water partition coefficient (Wildman–Crippen LogP) is 0.665. The minimum absolute atomic E-state index is 0.0593. The van der Waals surface area contributed by atoms with Crippen molar-refractivity contribution in [2.45, 2.75) is 76.0 Å². The number of rotatable bonds is 11. The summed E-state index contributed by atoms with van der Waals surface area (Å²) in [6.07, 6.45) is 4.38. The molecule has 1 aromatic rings. The number of carbonyl (C=O) groups excluding carboxylic acids is 4. The summed E-state index contributed by atoms with van der Waals surface area (Å²) in [4.78, 5) is 53.1. The first kappa shape index (κ1) is 29.2. The number of hydrogen-bond donors (Lipinski definition) is 5. The Morgan fingerprint density at radius 3 is 2.45 bits per heavy atom. The lowest BCUT2D eigenvalue weighted by Crippen LogP contribution is -2.58. The zero-order chi connectivity index (χ0) is 27.7. The van der Waals surface area contributed by atoms with Crippen molar-refractivity contribution in [3.05, 3.63) is 29.8 Å². The lowest BCUT2D eigenvalue weighted by molar-refractivity contribution is -0.143. The molecule has 0 bridgehead atoms. The summed E-state index contributed by atoms with van der Waals surface area (Å²) in [7, 11) is 3.16. The maximum absolute atomic E-state index is 13.9. The fourth-order valence-electron chi connectivity index (χ4n) is 5.33. The second-order valence-electron chi connectivity index (χ2n) is 10.0. The van der Waals surface area contributed by atoms with Crippen LogP contribution >= 0.6 is 0 Å². The first-order chi connectivity index (χ1) is 18.3. The average molecular weight is 531 g/mol. The Kier molecular flexibility index (Phi) is 10.8. The summed E-state index contributed by atoms with van der Waals surface area (Å²) >= 11 is 0. The third-order valence-electron chi connectivity index (χ3n) is 7.64. The second kappa shape index (κ2) is 14.0. The van der Waals surface area contributed by atoms with Gasteiger partial charge in [-0.25, -0.2) is 4.79 Å². The monoisotopic (exact) mass is 530 g/mol. The van der Waals surface area contributed by atoms with E-state index in [-0.39, 0.29) is 35.7 Å². The molecule has 6 N–H and O–H groups in total. The normalized spacial score (nSPS) is 23.6. The SMILES string of the molecule is CC[C@H](N)C(=O)N[C@@H]1C(=O)N2[C@@H](CC[C@@H]1CCNC(=O)NC)CC[C@H]2C(=O)NCCc1ccc(OC)cc1. The van der Waals surface area contributed by atoms with Gasteiger partial charge in [0.15, 0.2) is 0 Å². The molecule has 2 aliphatic rings. The molecule has 38 heavy (non-hydrogen) atoms. The van der Waals surface area contributed by atoms with Crippen LogP contribution in [0, 0.1) is 5.92 Å². The highest BCUT2D eigenvalue weighted by molar-refractivity contribution is 5.94. The van der Waals surface area contributed by atoms with Gasteiger partial charge in [-0.3, -0.25) is 14.4 Å². The van der Waals surface area contributed by atoms with Crippen molar-refractivity contribution in [1.82, 2.24) is 26.2 Å². The van der Waals surface area contributed by atoms with E-state index in [1.54, 1.807) is 12.0 Å². The Morgan fingerprint density at radius 1 is 1.08 bits per heavy atom. The number of carbonyl (C=O) groups is 4. The van der Waals surface area contributed by atoms with Crippen LogP contribution < -0.4 is 31.7 Å². The topological polar surface area (TPSA) is 155 Å². The number of fused-ring (bicyclic) bond motifs is 1. The molecule has 210 valence electrons. The number of methoxy groups -OCH3 is 1. The molecule has 5 atom stereocenters. The van der Waals surface area contributed by atoms with Gasteiger partial charge in [-0.15, -0.1) is 0 Å². The number of hydrogen-bond acceptors (Lipinski definition) is 6. The number of benzene rings is 1. The second-order valence-corrected chi connectivity index (χ2v) is 10.0. The summed E-state index contributed by atoms with van der Waals surface area (Å²) in [5.41, 5.74) is 7.02. The summed E-state index contributed by atoms with van der Waals surface area (Å²) < 4.78 is 5.19. The van der Waals surface area contributed by atoms with Gasteiger partial charge in [0, 0.05) is 26.2 Å². The molecule has 3 rings (SSSR count). The molecule has 0 aromatic heterocycles. The van der Waals surface area contributed by atoms with Crippen molar-refractivity contribution < 1.29 is 23.9 Å². The molecule has 5 amide bonds. The molecule has 2 fully saturated rings. The van der Waals surface area contributed by atoms with Crippen LogP contribution in [0.25, 0.3) is 0 Å². The summed E-state index contributed by atoms with van der Waals surface area (Å²) in [6.45, 7) is 2.63. The lowest BCUT2D eigenvalue weighted by Gasteiger charge is -2.32. The molecule has 0 unspecified atom stereocenters. The van der Waals surface area contributed by atoms with E-state index in [0.29, 0.717) is 45.2 Å². The number of amides is 5. The Bertz CT molecular complexity index is 971. The van der Waals surface area contributed by atoms with Crippen molar-refractivity contribution >= 4 is 23.8 Å². The van der Waals surface area contributed by atoms with Gasteiger partial charge in [-0.1, -0.05) is 19.1 Å².